The van der Waals surface area contributed by atoms with Gasteiger partial charge in [0.25, 0.3) is 0 Å². The summed E-state index contributed by atoms with van der Waals surface area (Å²) in [5, 5.41) is 15.7. The SMILES string of the molecule is CC1CCN(c2ccc3nnnn3n2)C(CN)C1. The molecule has 1 aliphatic heterocycles. The number of fused-ring (bicyclic) bond motifs is 1. The Morgan fingerprint density at radius 1 is 1.44 bits per heavy atom. The van der Waals surface area contributed by atoms with Crippen molar-refractivity contribution in [3.63, 3.8) is 0 Å². The molecule has 0 bridgehead atoms. The van der Waals surface area contributed by atoms with E-state index in [0.717, 1.165) is 24.7 Å². The molecule has 1 saturated heterocycles. The number of nitrogens with zero attached hydrogens (tertiary/aromatic N) is 6. The first-order valence-electron chi connectivity index (χ1n) is 6.30. The van der Waals surface area contributed by atoms with Crippen molar-refractivity contribution in [3.05, 3.63) is 12.1 Å². The maximum atomic E-state index is 5.87. The zero-order valence-corrected chi connectivity index (χ0v) is 10.4. The molecule has 0 amide bonds. The minimum Gasteiger partial charge on any atom is -0.351 e. The van der Waals surface area contributed by atoms with Crippen LogP contribution in [0.3, 0.4) is 0 Å². The first-order chi connectivity index (χ1) is 8.78. The number of rotatable bonds is 2. The molecular weight excluding hydrogens is 230 g/mol. The molecule has 1 aliphatic rings. The van der Waals surface area contributed by atoms with E-state index in [1.54, 1.807) is 0 Å². The molecule has 3 rings (SSSR count). The van der Waals surface area contributed by atoms with Crippen LogP contribution in [0.1, 0.15) is 19.8 Å². The van der Waals surface area contributed by atoms with E-state index < -0.39 is 0 Å². The summed E-state index contributed by atoms with van der Waals surface area (Å²) in [6.45, 7) is 3.92. The van der Waals surface area contributed by atoms with Crippen molar-refractivity contribution in [3.8, 4) is 0 Å². The van der Waals surface area contributed by atoms with Gasteiger partial charge in [0.15, 0.2) is 11.5 Å². The van der Waals surface area contributed by atoms with Crippen LogP contribution in [0, 0.1) is 5.92 Å². The predicted octanol–water partition coefficient (Wildman–Crippen LogP) is 0.0829. The minimum atomic E-state index is 0.357. The second-order valence-electron chi connectivity index (χ2n) is 4.93. The number of tetrazole rings is 1. The van der Waals surface area contributed by atoms with Gasteiger partial charge in [-0.05, 0) is 41.3 Å². The van der Waals surface area contributed by atoms with Gasteiger partial charge in [-0.15, -0.1) is 14.8 Å². The second-order valence-corrected chi connectivity index (χ2v) is 4.93. The van der Waals surface area contributed by atoms with Gasteiger partial charge in [0.05, 0.1) is 0 Å². The van der Waals surface area contributed by atoms with Crippen molar-refractivity contribution < 1.29 is 0 Å². The van der Waals surface area contributed by atoms with E-state index in [1.165, 1.54) is 11.1 Å². The molecule has 0 radical (unpaired) electrons. The zero-order valence-electron chi connectivity index (χ0n) is 10.4. The van der Waals surface area contributed by atoms with Crippen molar-refractivity contribution in [1.82, 2.24) is 25.3 Å². The van der Waals surface area contributed by atoms with E-state index in [-0.39, 0.29) is 0 Å². The van der Waals surface area contributed by atoms with Crippen LogP contribution in [0.5, 0.6) is 0 Å². The first-order valence-corrected chi connectivity index (χ1v) is 6.30. The molecule has 2 atom stereocenters. The molecule has 0 saturated carbocycles. The summed E-state index contributed by atoms with van der Waals surface area (Å²) in [7, 11) is 0. The average Bonchev–Trinajstić information content (AvgIpc) is 2.85. The van der Waals surface area contributed by atoms with E-state index >= 15 is 0 Å². The molecule has 2 N–H and O–H groups in total. The fraction of sp³-hybridized carbons (Fsp3) is 0.636. The standard InChI is InChI=1S/C11H17N7/c1-8-4-5-17(9(6-8)7-12)11-3-2-10-13-15-16-18(10)14-11/h2-3,8-9H,4-7,12H2,1H3. The fourth-order valence-electron chi connectivity index (χ4n) is 2.57. The summed E-state index contributed by atoms with van der Waals surface area (Å²) < 4.78 is 1.46. The Labute approximate surface area is 105 Å². The fourth-order valence-corrected chi connectivity index (χ4v) is 2.57. The molecule has 2 aromatic rings. The van der Waals surface area contributed by atoms with Crippen molar-refractivity contribution in [2.75, 3.05) is 18.0 Å². The van der Waals surface area contributed by atoms with Gasteiger partial charge in [0.1, 0.15) is 0 Å². The number of hydrogen-bond acceptors (Lipinski definition) is 6. The van der Waals surface area contributed by atoms with Crippen LogP contribution >= 0.6 is 0 Å². The molecule has 2 unspecified atom stereocenters. The second kappa shape index (κ2) is 4.49. The highest BCUT2D eigenvalue weighted by Gasteiger charge is 2.26. The molecule has 0 aromatic carbocycles. The monoisotopic (exact) mass is 247 g/mol. The summed E-state index contributed by atoms with van der Waals surface area (Å²) >= 11 is 0. The Bertz CT molecular complexity index is 537. The lowest BCUT2D eigenvalue weighted by Crippen LogP contribution is -2.46. The van der Waals surface area contributed by atoms with Crippen molar-refractivity contribution >= 4 is 11.5 Å². The average molecular weight is 247 g/mol. The normalized spacial score (nSPS) is 24.7. The molecular formula is C11H17N7. The summed E-state index contributed by atoms with van der Waals surface area (Å²) in [6, 6.07) is 4.20. The topological polar surface area (TPSA) is 85.2 Å². The lowest BCUT2D eigenvalue weighted by Gasteiger charge is -2.38. The molecule has 3 heterocycles. The highest BCUT2D eigenvalue weighted by Crippen LogP contribution is 2.25. The Hall–Kier alpha value is -1.76. The third kappa shape index (κ3) is 1.90. The lowest BCUT2D eigenvalue weighted by molar-refractivity contribution is 0.363. The van der Waals surface area contributed by atoms with Gasteiger partial charge in [-0.1, -0.05) is 6.92 Å². The summed E-state index contributed by atoms with van der Waals surface area (Å²) in [5.74, 6) is 1.63. The smallest absolute Gasteiger partial charge is 0.200 e. The number of piperidine rings is 1. The van der Waals surface area contributed by atoms with E-state index in [4.69, 9.17) is 5.73 Å². The van der Waals surface area contributed by atoms with Crippen molar-refractivity contribution in [2.45, 2.75) is 25.8 Å². The number of hydrogen-bond donors (Lipinski definition) is 1. The van der Waals surface area contributed by atoms with E-state index in [1.807, 2.05) is 12.1 Å². The van der Waals surface area contributed by atoms with Crippen LogP contribution in [-0.4, -0.2) is 44.4 Å². The van der Waals surface area contributed by atoms with Gasteiger partial charge in [-0.25, -0.2) is 0 Å². The summed E-state index contributed by atoms with van der Waals surface area (Å²) in [5.41, 5.74) is 6.53. The molecule has 1 fully saturated rings. The number of nitrogens with two attached hydrogens (primary N) is 1. The van der Waals surface area contributed by atoms with Crippen LogP contribution in [0.2, 0.25) is 0 Å². The molecule has 7 nitrogen and oxygen atoms in total. The maximum absolute atomic E-state index is 5.87. The predicted molar refractivity (Wildman–Crippen MR) is 67.2 cm³/mol. The molecule has 0 aliphatic carbocycles. The highest BCUT2D eigenvalue weighted by atomic mass is 15.6. The van der Waals surface area contributed by atoms with Gasteiger partial charge >= 0.3 is 0 Å². The van der Waals surface area contributed by atoms with Crippen LogP contribution in [0.15, 0.2) is 12.1 Å². The quantitative estimate of drug-likeness (QED) is 0.809. The number of aromatic nitrogens is 5. The lowest BCUT2D eigenvalue weighted by atomic mass is 9.92. The largest absolute Gasteiger partial charge is 0.351 e. The van der Waals surface area contributed by atoms with E-state index in [2.05, 4.69) is 32.4 Å². The van der Waals surface area contributed by atoms with Crippen LogP contribution in [0.25, 0.3) is 5.65 Å². The molecule has 7 heteroatoms. The van der Waals surface area contributed by atoms with Crippen molar-refractivity contribution in [1.29, 1.82) is 0 Å². The van der Waals surface area contributed by atoms with Gasteiger partial charge in [-0.2, -0.15) is 0 Å². The van der Waals surface area contributed by atoms with Crippen LogP contribution in [0.4, 0.5) is 5.82 Å². The van der Waals surface area contributed by atoms with E-state index in [0.29, 0.717) is 18.2 Å². The molecule has 96 valence electrons. The Morgan fingerprint density at radius 3 is 3.17 bits per heavy atom. The van der Waals surface area contributed by atoms with Gasteiger partial charge < -0.3 is 10.6 Å². The Kier molecular flexibility index (Phi) is 2.83. The van der Waals surface area contributed by atoms with Gasteiger partial charge in [-0.3, -0.25) is 0 Å². The molecule has 18 heavy (non-hydrogen) atoms. The third-order valence-electron chi connectivity index (χ3n) is 3.60. The van der Waals surface area contributed by atoms with Gasteiger partial charge in [0, 0.05) is 19.1 Å². The Balaban J connectivity index is 1.92. The Morgan fingerprint density at radius 2 is 2.33 bits per heavy atom. The van der Waals surface area contributed by atoms with Crippen LogP contribution < -0.4 is 10.6 Å². The molecule has 0 spiro atoms. The summed E-state index contributed by atoms with van der Waals surface area (Å²) in [4.78, 5) is 2.26. The molecule has 2 aromatic heterocycles. The first kappa shape index (κ1) is 11.3. The number of anilines is 1. The highest BCUT2D eigenvalue weighted by molar-refractivity contribution is 5.45. The van der Waals surface area contributed by atoms with Gasteiger partial charge in [0.2, 0.25) is 0 Å². The zero-order chi connectivity index (χ0) is 12.5. The van der Waals surface area contributed by atoms with Crippen LogP contribution in [-0.2, 0) is 0 Å². The maximum Gasteiger partial charge on any atom is 0.200 e. The third-order valence-corrected chi connectivity index (χ3v) is 3.60. The van der Waals surface area contributed by atoms with E-state index in [9.17, 15) is 0 Å². The summed E-state index contributed by atoms with van der Waals surface area (Å²) in [6.07, 6.45) is 2.29. The van der Waals surface area contributed by atoms with Crippen molar-refractivity contribution in [2.24, 2.45) is 11.7 Å². The minimum absolute atomic E-state index is 0.357.